The number of likely N-dealkylation sites (N-methyl/N-ethyl adjacent to an activating group) is 1. The zero-order chi connectivity index (χ0) is 21.4. The van der Waals surface area contributed by atoms with E-state index < -0.39 is 12.8 Å². The molecule has 3 amide bonds. The van der Waals surface area contributed by atoms with E-state index in [0.29, 0.717) is 39.3 Å². The van der Waals surface area contributed by atoms with Gasteiger partial charge in [0.15, 0.2) is 6.61 Å². The lowest BCUT2D eigenvalue weighted by molar-refractivity contribution is -0.153. The fraction of sp³-hybridized carbons (Fsp3) is 0.579. The van der Waals surface area contributed by atoms with Crippen molar-refractivity contribution in [1.82, 2.24) is 20.4 Å². The smallest absolute Gasteiger partial charge is 0.422 e. The third-order valence-electron chi connectivity index (χ3n) is 4.52. The lowest BCUT2D eigenvalue weighted by Crippen LogP contribution is -2.53. The number of ether oxygens (including phenoxy) is 1. The molecule has 162 valence electrons. The van der Waals surface area contributed by atoms with Crippen LogP contribution in [0.1, 0.15) is 25.5 Å². The molecule has 1 aliphatic rings. The van der Waals surface area contributed by atoms with E-state index in [1.54, 1.807) is 24.0 Å². The van der Waals surface area contributed by atoms with Gasteiger partial charge in [-0.05, 0) is 31.5 Å². The molecule has 10 heteroatoms. The standard InChI is InChI=1S/C19H27F3N4O3/c1-3-23-17(27)12-25-8-10-26(11-9-25)18(28)24-14(2)15-4-6-16(7-5-15)29-13-19(20,21)22/h4-7,14H,3,8-13H2,1-2H3,(H,23,27)(H,24,28). The first-order chi connectivity index (χ1) is 13.7. The van der Waals surface area contributed by atoms with E-state index in [1.807, 2.05) is 11.8 Å². The number of rotatable bonds is 7. The second kappa shape index (κ2) is 10.3. The maximum absolute atomic E-state index is 12.5. The molecular weight excluding hydrogens is 389 g/mol. The molecule has 2 N–H and O–H groups in total. The molecule has 0 radical (unpaired) electrons. The Balaban J connectivity index is 1.78. The summed E-state index contributed by atoms with van der Waals surface area (Å²) in [5, 5.41) is 5.64. The average molecular weight is 416 g/mol. The first-order valence-corrected chi connectivity index (χ1v) is 9.52. The maximum atomic E-state index is 12.5. The van der Waals surface area contributed by atoms with E-state index in [4.69, 9.17) is 0 Å². The first kappa shape index (κ1) is 22.8. The average Bonchev–Trinajstić information content (AvgIpc) is 2.67. The molecule has 29 heavy (non-hydrogen) atoms. The Morgan fingerprint density at radius 2 is 1.76 bits per heavy atom. The van der Waals surface area contributed by atoms with Crippen molar-refractivity contribution in [2.24, 2.45) is 0 Å². The van der Waals surface area contributed by atoms with Crippen LogP contribution in [0.2, 0.25) is 0 Å². The van der Waals surface area contributed by atoms with Gasteiger partial charge < -0.3 is 20.3 Å². The van der Waals surface area contributed by atoms with Crippen molar-refractivity contribution in [2.75, 3.05) is 45.9 Å². The van der Waals surface area contributed by atoms with Crippen molar-refractivity contribution in [1.29, 1.82) is 0 Å². The van der Waals surface area contributed by atoms with Crippen LogP contribution < -0.4 is 15.4 Å². The first-order valence-electron chi connectivity index (χ1n) is 9.52. The number of hydrogen-bond donors (Lipinski definition) is 2. The molecule has 0 spiro atoms. The van der Waals surface area contributed by atoms with Gasteiger partial charge in [0.1, 0.15) is 5.75 Å². The predicted molar refractivity (Wildman–Crippen MR) is 102 cm³/mol. The Morgan fingerprint density at radius 3 is 2.31 bits per heavy atom. The Kier molecular flexibility index (Phi) is 8.12. The van der Waals surface area contributed by atoms with Gasteiger partial charge in [-0.15, -0.1) is 0 Å². The van der Waals surface area contributed by atoms with Crippen molar-refractivity contribution < 1.29 is 27.5 Å². The van der Waals surface area contributed by atoms with E-state index in [0.717, 1.165) is 5.56 Å². The van der Waals surface area contributed by atoms with Crippen LogP contribution in [0, 0.1) is 0 Å². The minimum absolute atomic E-state index is 0.0262. The molecule has 0 bridgehead atoms. The number of halogens is 3. The van der Waals surface area contributed by atoms with Gasteiger partial charge in [-0.2, -0.15) is 13.2 Å². The molecule has 2 rings (SSSR count). The maximum Gasteiger partial charge on any atom is 0.422 e. The van der Waals surface area contributed by atoms with E-state index in [1.165, 1.54) is 12.1 Å². The van der Waals surface area contributed by atoms with Crippen LogP contribution in [0.25, 0.3) is 0 Å². The lowest BCUT2D eigenvalue weighted by atomic mass is 10.1. The minimum Gasteiger partial charge on any atom is -0.484 e. The fourth-order valence-corrected chi connectivity index (χ4v) is 2.94. The molecule has 7 nitrogen and oxygen atoms in total. The van der Waals surface area contributed by atoms with Crippen molar-refractivity contribution in [3.05, 3.63) is 29.8 Å². The van der Waals surface area contributed by atoms with E-state index in [-0.39, 0.29) is 23.7 Å². The molecule has 1 aliphatic heterocycles. The number of hydrogen-bond acceptors (Lipinski definition) is 4. The van der Waals surface area contributed by atoms with Gasteiger partial charge in [-0.1, -0.05) is 12.1 Å². The Labute approximate surface area is 168 Å². The second-order valence-electron chi connectivity index (χ2n) is 6.86. The molecule has 0 saturated carbocycles. The summed E-state index contributed by atoms with van der Waals surface area (Å²) >= 11 is 0. The number of carbonyl (C=O) groups excluding carboxylic acids is 2. The number of amides is 3. The van der Waals surface area contributed by atoms with Crippen LogP contribution in [0.3, 0.4) is 0 Å². The van der Waals surface area contributed by atoms with Crippen LogP contribution in [-0.2, 0) is 4.79 Å². The van der Waals surface area contributed by atoms with Gasteiger partial charge in [0.05, 0.1) is 12.6 Å². The molecule has 1 fully saturated rings. The van der Waals surface area contributed by atoms with Crippen molar-refractivity contribution in [3.63, 3.8) is 0 Å². The highest BCUT2D eigenvalue weighted by atomic mass is 19.4. The van der Waals surface area contributed by atoms with Gasteiger partial charge in [0, 0.05) is 32.7 Å². The normalized spacial score (nSPS) is 16.2. The molecule has 0 aromatic heterocycles. The molecule has 1 atom stereocenters. The fourth-order valence-electron chi connectivity index (χ4n) is 2.94. The lowest BCUT2D eigenvalue weighted by Gasteiger charge is -2.34. The van der Waals surface area contributed by atoms with E-state index in [9.17, 15) is 22.8 Å². The quantitative estimate of drug-likeness (QED) is 0.715. The summed E-state index contributed by atoms with van der Waals surface area (Å²) in [6.45, 7) is 5.50. The molecule has 0 aliphatic carbocycles. The third kappa shape index (κ3) is 7.80. The van der Waals surface area contributed by atoms with Crippen molar-refractivity contribution >= 4 is 11.9 Å². The zero-order valence-electron chi connectivity index (χ0n) is 16.6. The number of urea groups is 1. The molecule has 1 heterocycles. The number of alkyl halides is 3. The summed E-state index contributed by atoms with van der Waals surface area (Å²) in [6, 6.07) is 5.62. The van der Waals surface area contributed by atoms with Crippen LogP contribution >= 0.6 is 0 Å². The number of benzene rings is 1. The second-order valence-corrected chi connectivity index (χ2v) is 6.86. The van der Waals surface area contributed by atoms with Gasteiger partial charge in [-0.3, -0.25) is 9.69 Å². The Morgan fingerprint density at radius 1 is 1.14 bits per heavy atom. The SMILES string of the molecule is CCNC(=O)CN1CCN(C(=O)NC(C)c2ccc(OCC(F)(F)F)cc2)CC1. The van der Waals surface area contributed by atoms with E-state index in [2.05, 4.69) is 15.4 Å². The molecule has 1 aromatic carbocycles. The number of nitrogens with one attached hydrogen (secondary N) is 2. The summed E-state index contributed by atoms with van der Waals surface area (Å²) in [5.74, 6) is 0.0921. The van der Waals surface area contributed by atoms with E-state index >= 15 is 0 Å². The van der Waals surface area contributed by atoms with Gasteiger partial charge in [-0.25, -0.2) is 4.79 Å². The highest BCUT2D eigenvalue weighted by Gasteiger charge is 2.28. The predicted octanol–water partition coefficient (Wildman–Crippen LogP) is 2.15. The number of carbonyl (C=O) groups is 2. The van der Waals surface area contributed by atoms with Crippen LogP contribution in [0.5, 0.6) is 5.75 Å². The van der Waals surface area contributed by atoms with Crippen LogP contribution in [0.4, 0.5) is 18.0 Å². The molecule has 1 aromatic rings. The molecule has 1 unspecified atom stereocenters. The summed E-state index contributed by atoms with van der Waals surface area (Å²) in [5.41, 5.74) is 0.757. The zero-order valence-corrected chi connectivity index (χ0v) is 16.6. The van der Waals surface area contributed by atoms with Gasteiger partial charge in [0.25, 0.3) is 0 Å². The van der Waals surface area contributed by atoms with Crippen LogP contribution in [-0.4, -0.2) is 73.8 Å². The molecule has 1 saturated heterocycles. The van der Waals surface area contributed by atoms with Crippen LogP contribution in [0.15, 0.2) is 24.3 Å². The van der Waals surface area contributed by atoms with Crippen molar-refractivity contribution in [2.45, 2.75) is 26.1 Å². The Hall–Kier alpha value is -2.49. The summed E-state index contributed by atoms with van der Waals surface area (Å²) in [6.07, 6.45) is -4.39. The summed E-state index contributed by atoms with van der Waals surface area (Å²) < 4.78 is 41.3. The highest BCUT2D eigenvalue weighted by Crippen LogP contribution is 2.21. The van der Waals surface area contributed by atoms with Gasteiger partial charge in [0.2, 0.25) is 5.91 Å². The summed E-state index contributed by atoms with van der Waals surface area (Å²) in [7, 11) is 0. The van der Waals surface area contributed by atoms with Gasteiger partial charge >= 0.3 is 12.2 Å². The topological polar surface area (TPSA) is 73.9 Å². The number of piperazine rings is 1. The molecular formula is C19H27F3N4O3. The number of nitrogens with zero attached hydrogens (tertiary/aromatic N) is 2. The van der Waals surface area contributed by atoms with Crippen molar-refractivity contribution in [3.8, 4) is 5.75 Å². The monoisotopic (exact) mass is 416 g/mol. The largest absolute Gasteiger partial charge is 0.484 e. The highest BCUT2D eigenvalue weighted by molar-refractivity contribution is 5.78. The minimum atomic E-state index is -4.39. The third-order valence-corrected chi connectivity index (χ3v) is 4.52. The Bertz CT molecular complexity index is 674. The summed E-state index contributed by atoms with van der Waals surface area (Å²) in [4.78, 5) is 27.8.